The van der Waals surface area contributed by atoms with Crippen molar-refractivity contribution < 1.29 is 9.18 Å². The Hall–Kier alpha value is -1.53. The van der Waals surface area contributed by atoms with Crippen molar-refractivity contribution in [3.8, 4) is 12.3 Å². The number of rotatable bonds is 1. The van der Waals surface area contributed by atoms with E-state index >= 15 is 0 Å². The monoisotopic (exact) mass is 197 g/mol. The molecule has 0 saturated heterocycles. The predicted molar refractivity (Wildman–Crippen MR) is 48.9 cm³/mol. The summed E-state index contributed by atoms with van der Waals surface area (Å²) in [7, 11) is 0. The van der Waals surface area contributed by atoms with Crippen LogP contribution in [0, 0.1) is 18.2 Å². The van der Waals surface area contributed by atoms with Gasteiger partial charge >= 0.3 is 0 Å². The molecular formula is C9H5ClFNO. The van der Waals surface area contributed by atoms with Crippen LogP contribution >= 0.6 is 11.6 Å². The van der Waals surface area contributed by atoms with Gasteiger partial charge in [-0.05, 0) is 24.1 Å². The number of nitrogens with one attached hydrogen (secondary N) is 1. The largest absolute Gasteiger partial charge is 0.314 e. The molecule has 13 heavy (non-hydrogen) atoms. The topological polar surface area (TPSA) is 29.1 Å². The van der Waals surface area contributed by atoms with E-state index in [9.17, 15) is 9.18 Å². The van der Waals surface area contributed by atoms with Crippen molar-refractivity contribution >= 4 is 23.2 Å². The van der Waals surface area contributed by atoms with Crippen molar-refractivity contribution in [1.82, 2.24) is 0 Å². The maximum absolute atomic E-state index is 12.5. The highest BCUT2D eigenvalue weighted by molar-refractivity contribution is 6.33. The molecule has 4 heteroatoms. The van der Waals surface area contributed by atoms with E-state index in [1.165, 1.54) is 12.1 Å². The van der Waals surface area contributed by atoms with Gasteiger partial charge in [-0.2, -0.15) is 0 Å². The number of carbonyl (C=O) groups excluding carboxylic acids is 1. The third kappa shape index (κ3) is 2.46. The summed E-state index contributed by atoms with van der Waals surface area (Å²) >= 11 is 5.61. The molecule has 0 saturated carbocycles. The fourth-order valence-corrected chi connectivity index (χ4v) is 0.964. The second kappa shape index (κ2) is 3.92. The number of hydrogen-bond donors (Lipinski definition) is 1. The van der Waals surface area contributed by atoms with E-state index in [4.69, 9.17) is 18.0 Å². The van der Waals surface area contributed by atoms with E-state index in [2.05, 4.69) is 5.32 Å². The lowest BCUT2D eigenvalue weighted by molar-refractivity contribution is -0.111. The Kier molecular flexibility index (Phi) is 2.88. The number of amides is 1. The molecule has 0 bridgehead atoms. The minimum Gasteiger partial charge on any atom is -0.314 e. The average Bonchev–Trinajstić information content (AvgIpc) is 2.09. The number of terminal acetylenes is 1. The lowest BCUT2D eigenvalue weighted by Gasteiger charge is -2.02. The molecule has 1 amide bonds. The van der Waals surface area contributed by atoms with E-state index in [1.807, 2.05) is 5.92 Å². The molecule has 2 nitrogen and oxygen atoms in total. The summed E-state index contributed by atoms with van der Waals surface area (Å²) in [6.45, 7) is 0. The highest BCUT2D eigenvalue weighted by atomic mass is 35.5. The molecule has 0 fully saturated rings. The van der Waals surface area contributed by atoms with Gasteiger partial charge in [0.1, 0.15) is 5.82 Å². The van der Waals surface area contributed by atoms with Crippen molar-refractivity contribution in [3.63, 3.8) is 0 Å². The Morgan fingerprint density at radius 3 is 2.85 bits per heavy atom. The highest BCUT2D eigenvalue weighted by Gasteiger charge is 2.03. The zero-order chi connectivity index (χ0) is 9.84. The van der Waals surface area contributed by atoms with Crippen molar-refractivity contribution in [1.29, 1.82) is 0 Å². The molecule has 0 aliphatic carbocycles. The molecule has 1 aromatic carbocycles. The van der Waals surface area contributed by atoms with Gasteiger partial charge in [0.2, 0.25) is 0 Å². The summed E-state index contributed by atoms with van der Waals surface area (Å²) in [6.07, 6.45) is 4.82. The number of carbonyl (C=O) groups is 1. The van der Waals surface area contributed by atoms with Gasteiger partial charge in [-0.1, -0.05) is 11.6 Å². The van der Waals surface area contributed by atoms with Crippen LogP contribution < -0.4 is 5.32 Å². The van der Waals surface area contributed by atoms with Crippen LogP contribution in [-0.2, 0) is 4.79 Å². The van der Waals surface area contributed by atoms with E-state index < -0.39 is 11.7 Å². The molecule has 0 atom stereocenters. The van der Waals surface area contributed by atoms with Crippen molar-refractivity contribution in [2.75, 3.05) is 5.32 Å². The van der Waals surface area contributed by atoms with Gasteiger partial charge in [0, 0.05) is 0 Å². The quantitative estimate of drug-likeness (QED) is 0.686. The fourth-order valence-electron chi connectivity index (χ4n) is 0.749. The van der Waals surface area contributed by atoms with Crippen LogP contribution in [0.2, 0.25) is 5.02 Å². The number of halogens is 2. The average molecular weight is 198 g/mol. The number of hydrogen-bond acceptors (Lipinski definition) is 1. The lowest BCUT2D eigenvalue weighted by Crippen LogP contribution is -2.08. The molecule has 0 unspecified atom stereocenters. The number of anilines is 1. The lowest BCUT2D eigenvalue weighted by atomic mass is 10.3. The molecule has 66 valence electrons. The van der Waals surface area contributed by atoms with Gasteiger partial charge in [0.05, 0.1) is 10.7 Å². The molecule has 0 aliphatic rings. The van der Waals surface area contributed by atoms with Crippen LogP contribution in [0.1, 0.15) is 0 Å². The van der Waals surface area contributed by atoms with Crippen LogP contribution in [0.3, 0.4) is 0 Å². The third-order valence-electron chi connectivity index (χ3n) is 1.31. The van der Waals surface area contributed by atoms with Crippen molar-refractivity contribution in [2.24, 2.45) is 0 Å². The van der Waals surface area contributed by atoms with Crippen molar-refractivity contribution in [2.45, 2.75) is 0 Å². The Labute approximate surface area is 79.7 Å². The van der Waals surface area contributed by atoms with Crippen LogP contribution in [0.4, 0.5) is 10.1 Å². The zero-order valence-electron chi connectivity index (χ0n) is 6.47. The Bertz CT molecular complexity index is 384. The second-order valence-corrected chi connectivity index (χ2v) is 2.63. The van der Waals surface area contributed by atoms with E-state index in [0.29, 0.717) is 5.69 Å². The molecule has 1 aromatic rings. The van der Waals surface area contributed by atoms with Crippen molar-refractivity contribution in [3.05, 3.63) is 29.0 Å². The summed E-state index contributed by atoms with van der Waals surface area (Å²) in [5, 5.41) is 2.43. The molecule has 0 heterocycles. The van der Waals surface area contributed by atoms with Gasteiger partial charge in [-0.3, -0.25) is 4.79 Å². The van der Waals surface area contributed by atoms with E-state index in [0.717, 1.165) is 6.07 Å². The van der Waals surface area contributed by atoms with Crippen LogP contribution in [0.25, 0.3) is 0 Å². The molecule has 1 N–H and O–H groups in total. The first-order valence-corrected chi connectivity index (χ1v) is 3.74. The molecular weight excluding hydrogens is 193 g/mol. The fraction of sp³-hybridized carbons (Fsp3) is 0. The minimum atomic E-state index is -0.617. The molecule has 0 aromatic heterocycles. The molecule has 0 spiro atoms. The third-order valence-corrected chi connectivity index (χ3v) is 1.62. The van der Waals surface area contributed by atoms with Gasteiger partial charge in [-0.25, -0.2) is 4.39 Å². The van der Waals surface area contributed by atoms with Crippen LogP contribution in [0.5, 0.6) is 0 Å². The first-order valence-electron chi connectivity index (χ1n) is 3.36. The Balaban J connectivity index is 2.91. The zero-order valence-corrected chi connectivity index (χ0v) is 7.23. The van der Waals surface area contributed by atoms with E-state index in [1.54, 1.807) is 0 Å². The van der Waals surface area contributed by atoms with Gasteiger partial charge in [0.15, 0.2) is 0 Å². The highest BCUT2D eigenvalue weighted by Crippen LogP contribution is 2.21. The SMILES string of the molecule is C#CC(=O)Nc1ccc(F)cc1Cl. The minimum absolute atomic E-state index is 0.114. The number of benzene rings is 1. The van der Waals surface area contributed by atoms with Crippen LogP contribution in [0.15, 0.2) is 18.2 Å². The Morgan fingerprint density at radius 1 is 1.62 bits per heavy atom. The normalized spacial score (nSPS) is 9.00. The van der Waals surface area contributed by atoms with Gasteiger partial charge in [-0.15, -0.1) is 6.42 Å². The summed E-state index contributed by atoms with van der Waals surface area (Å²) in [5.41, 5.74) is 0.297. The van der Waals surface area contributed by atoms with Gasteiger partial charge < -0.3 is 5.32 Å². The van der Waals surface area contributed by atoms with Gasteiger partial charge in [0.25, 0.3) is 5.91 Å². The molecule has 0 radical (unpaired) electrons. The standard InChI is InChI=1S/C9H5ClFNO/c1-2-9(13)12-8-4-3-6(11)5-7(8)10/h1,3-5H,(H,12,13). The second-order valence-electron chi connectivity index (χ2n) is 2.22. The summed E-state index contributed by atoms with van der Waals surface area (Å²) < 4.78 is 12.5. The summed E-state index contributed by atoms with van der Waals surface area (Å²) in [4.78, 5) is 10.7. The Morgan fingerprint density at radius 2 is 2.31 bits per heavy atom. The van der Waals surface area contributed by atoms with Crippen LogP contribution in [-0.4, -0.2) is 5.91 Å². The van der Waals surface area contributed by atoms with E-state index in [-0.39, 0.29) is 5.02 Å². The first-order chi connectivity index (χ1) is 6.13. The first kappa shape index (κ1) is 9.56. The molecule has 0 aliphatic heterocycles. The summed E-state index contributed by atoms with van der Waals surface area (Å²) in [5.74, 6) is 0.767. The predicted octanol–water partition coefficient (Wildman–Crippen LogP) is 2.05. The maximum atomic E-state index is 12.5. The summed E-state index contributed by atoms with van der Waals surface area (Å²) in [6, 6.07) is 3.61. The smallest absolute Gasteiger partial charge is 0.300 e. The maximum Gasteiger partial charge on any atom is 0.300 e. The molecule has 1 rings (SSSR count).